The highest BCUT2D eigenvalue weighted by molar-refractivity contribution is 6.05. The second-order valence-electron chi connectivity index (χ2n) is 8.32. The molecule has 0 aliphatic heterocycles. The predicted octanol–water partition coefficient (Wildman–Crippen LogP) is 5.38. The minimum absolute atomic E-state index is 0.227. The summed E-state index contributed by atoms with van der Waals surface area (Å²) in [6, 6.07) is 21.0. The van der Waals surface area contributed by atoms with Crippen LogP contribution in [0.25, 0.3) is 33.3 Å². The van der Waals surface area contributed by atoms with Crippen molar-refractivity contribution < 1.29 is 14.3 Å². The van der Waals surface area contributed by atoms with Crippen LogP contribution >= 0.6 is 0 Å². The number of para-hydroxylation sites is 1. The van der Waals surface area contributed by atoms with E-state index < -0.39 is 18.1 Å². The second-order valence-corrected chi connectivity index (χ2v) is 8.32. The van der Waals surface area contributed by atoms with Gasteiger partial charge in [0.2, 0.25) is 0 Å². The van der Waals surface area contributed by atoms with Crippen LogP contribution in [0, 0.1) is 6.92 Å². The van der Waals surface area contributed by atoms with E-state index in [-0.39, 0.29) is 11.7 Å². The lowest BCUT2D eigenvalue weighted by Crippen LogP contribution is -2.29. The number of nitrogens with one attached hydrogen (secondary N) is 1. The molecule has 5 rings (SSSR count). The standard InChI is InChI=1S/C27H23N3O4/c1-16-7-3-4-8-19(16)26-28-14-22(27(33)30(26)15-25(31)32)29-17(2)18-11-12-24-21(13-18)20-9-5-6-10-23(20)34-24/h3-14,17,29H,15H2,1-2H3,(H,31,32)/t17-/m1/s1. The number of nitrogens with zero attached hydrogens (tertiary/aromatic N) is 2. The van der Waals surface area contributed by atoms with Gasteiger partial charge < -0.3 is 14.8 Å². The number of hydrogen-bond acceptors (Lipinski definition) is 5. The first-order valence-corrected chi connectivity index (χ1v) is 11.0. The minimum atomic E-state index is -1.11. The third-order valence-electron chi connectivity index (χ3n) is 6.00. The number of fused-ring (bicyclic) bond motifs is 3. The highest BCUT2D eigenvalue weighted by atomic mass is 16.4. The lowest BCUT2D eigenvalue weighted by Gasteiger charge is -2.18. The SMILES string of the molecule is Cc1ccccc1-c1ncc(N[C@H](C)c2ccc3oc4ccccc4c3c2)c(=O)n1CC(=O)O. The third kappa shape index (κ3) is 3.81. The Kier molecular flexibility index (Phi) is 5.37. The van der Waals surface area contributed by atoms with Gasteiger partial charge in [0.15, 0.2) is 0 Å². The smallest absolute Gasteiger partial charge is 0.323 e. The molecule has 0 saturated heterocycles. The van der Waals surface area contributed by atoms with E-state index in [2.05, 4.69) is 10.3 Å². The van der Waals surface area contributed by atoms with Crippen LogP contribution in [0.5, 0.6) is 0 Å². The van der Waals surface area contributed by atoms with E-state index in [0.29, 0.717) is 5.82 Å². The number of carbonyl (C=O) groups is 1. The van der Waals surface area contributed by atoms with Gasteiger partial charge in [0.25, 0.3) is 5.56 Å². The number of aromatic nitrogens is 2. The number of benzene rings is 3. The summed E-state index contributed by atoms with van der Waals surface area (Å²) in [5, 5.41) is 14.7. The van der Waals surface area contributed by atoms with Gasteiger partial charge in [-0.3, -0.25) is 14.2 Å². The number of carboxylic acids is 1. The van der Waals surface area contributed by atoms with Crippen molar-refractivity contribution in [2.75, 3.05) is 5.32 Å². The molecule has 0 radical (unpaired) electrons. The van der Waals surface area contributed by atoms with Gasteiger partial charge in [0.1, 0.15) is 29.2 Å². The predicted molar refractivity (Wildman–Crippen MR) is 132 cm³/mol. The first kappa shape index (κ1) is 21.5. The van der Waals surface area contributed by atoms with Crippen LogP contribution in [-0.4, -0.2) is 20.6 Å². The molecule has 5 aromatic rings. The fraction of sp³-hybridized carbons (Fsp3) is 0.148. The number of anilines is 1. The van der Waals surface area contributed by atoms with Crippen molar-refractivity contribution in [1.29, 1.82) is 0 Å². The van der Waals surface area contributed by atoms with Crippen LogP contribution in [0.15, 0.2) is 82.1 Å². The summed E-state index contributed by atoms with van der Waals surface area (Å²) in [6.45, 7) is 3.36. The van der Waals surface area contributed by atoms with E-state index in [1.807, 2.05) is 80.6 Å². The maximum atomic E-state index is 13.3. The average molecular weight is 453 g/mol. The van der Waals surface area contributed by atoms with Gasteiger partial charge in [-0.15, -0.1) is 0 Å². The number of hydrogen-bond donors (Lipinski definition) is 2. The van der Waals surface area contributed by atoms with Gasteiger partial charge in [0.05, 0.1) is 6.20 Å². The Hall–Kier alpha value is -4.39. The molecular weight excluding hydrogens is 430 g/mol. The summed E-state index contributed by atoms with van der Waals surface area (Å²) in [4.78, 5) is 29.3. The molecule has 2 aromatic heterocycles. The zero-order valence-electron chi connectivity index (χ0n) is 18.8. The summed E-state index contributed by atoms with van der Waals surface area (Å²) in [5.74, 6) is -0.781. The molecule has 0 unspecified atom stereocenters. The van der Waals surface area contributed by atoms with Crippen LogP contribution in [0.1, 0.15) is 24.1 Å². The number of furan rings is 1. The van der Waals surface area contributed by atoms with E-state index in [0.717, 1.165) is 38.6 Å². The van der Waals surface area contributed by atoms with Crippen molar-refractivity contribution in [3.05, 3.63) is 94.4 Å². The zero-order valence-corrected chi connectivity index (χ0v) is 18.8. The Bertz CT molecular complexity index is 1600. The molecule has 2 heterocycles. The molecule has 0 saturated carbocycles. The van der Waals surface area contributed by atoms with Crippen molar-refractivity contribution >= 4 is 33.6 Å². The summed E-state index contributed by atoms with van der Waals surface area (Å²) in [7, 11) is 0. The highest BCUT2D eigenvalue weighted by Gasteiger charge is 2.18. The van der Waals surface area contributed by atoms with E-state index in [4.69, 9.17) is 4.42 Å². The van der Waals surface area contributed by atoms with Crippen molar-refractivity contribution in [1.82, 2.24) is 9.55 Å². The van der Waals surface area contributed by atoms with Gasteiger partial charge in [-0.25, -0.2) is 4.98 Å². The topological polar surface area (TPSA) is 97.4 Å². The van der Waals surface area contributed by atoms with E-state index in [9.17, 15) is 14.7 Å². The van der Waals surface area contributed by atoms with Crippen LogP contribution in [-0.2, 0) is 11.3 Å². The molecule has 3 aromatic carbocycles. The highest BCUT2D eigenvalue weighted by Crippen LogP contribution is 2.31. The molecule has 7 nitrogen and oxygen atoms in total. The molecule has 34 heavy (non-hydrogen) atoms. The molecule has 2 N–H and O–H groups in total. The number of rotatable bonds is 6. The van der Waals surface area contributed by atoms with Crippen LogP contribution < -0.4 is 10.9 Å². The Labute approximate surface area is 195 Å². The summed E-state index contributed by atoms with van der Waals surface area (Å²) in [6.07, 6.45) is 1.48. The van der Waals surface area contributed by atoms with Crippen LogP contribution in [0.3, 0.4) is 0 Å². The summed E-state index contributed by atoms with van der Waals surface area (Å²) in [5.41, 5.74) is 4.01. The van der Waals surface area contributed by atoms with Crippen molar-refractivity contribution in [2.45, 2.75) is 26.4 Å². The summed E-state index contributed by atoms with van der Waals surface area (Å²) >= 11 is 0. The molecule has 0 aliphatic rings. The first-order chi connectivity index (χ1) is 16.4. The molecule has 170 valence electrons. The first-order valence-electron chi connectivity index (χ1n) is 11.0. The molecule has 0 spiro atoms. The normalized spacial score (nSPS) is 12.2. The van der Waals surface area contributed by atoms with Gasteiger partial charge in [0, 0.05) is 22.4 Å². The largest absolute Gasteiger partial charge is 0.480 e. The van der Waals surface area contributed by atoms with Crippen molar-refractivity contribution in [2.24, 2.45) is 0 Å². The Morgan fingerprint density at radius 2 is 1.79 bits per heavy atom. The Morgan fingerprint density at radius 1 is 1.06 bits per heavy atom. The molecule has 7 heteroatoms. The lowest BCUT2D eigenvalue weighted by molar-refractivity contribution is -0.137. The quantitative estimate of drug-likeness (QED) is 0.358. The average Bonchev–Trinajstić information content (AvgIpc) is 3.20. The van der Waals surface area contributed by atoms with E-state index in [1.165, 1.54) is 10.8 Å². The molecule has 0 aliphatic carbocycles. The van der Waals surface area contributed by atoms with Gasteiger partial charge in [-0.05, 0) is 43.2 Å². The van der Waals surface area contributed by atoms with Gasteiger partial charge in [-0.1, -0.05) is 48.5 Å². The van der Waals surface area contributed by atoms with Crippen molar-refractivity contribution in [3.63, 3.8) is 0 Å². The fourth-order valence-corrected chi connectivity index (χ4v) is 4.24. The monoisotopic (exact) mass is 453 g/mol. The molecule has 0 amide bonds. The number of carboxylic acid groups (broad SMARTS) is 1. The number of aryl methyl sites for hydroxylation is 1. The maximum absolute atomic E-state index is 13.3. The maximum Gasteiger partial charge on any atom is 0.323 e. The Morgan fingerprint density at radius 3 is 2.59 bits per heavy atom. The van der Waals surface area contributed by atoms with Gasteiger partial charge in [-0.2, -0.15) is 0 Å². The molecule has 0 fully saturated rings. The minimum Gasteiger partial charge on any atom is -0.480 e. The molecular formula is C27H23N3O4. The molecule has 1 atom stereocenters. The fourth-order valence-electron chi connectivity index (χ4n) is 4.24. The Balaban J connectivity index is 1.53. The molecule has 0 bridgehead atoms. The van der Waals surface area contributed by atoms with Crippen LogP contribution in [0.4, 0.5) is 5.69 Å². The second kappa shape index (κ2) is 8.51. The van der Waals surface area contributed by atoms with E-state index in [1.54, 1.807) is 0 Å². The van der Waals surface area contributed by atoms with Gasteiger partial charge >= 0.3 is 5.97 Å². The summed E-state index contributed by atoms with van der Waals surface area (Å²) < 4.78 is 7.10. The third-order valence-corrected chi connectivity index (χ3v) is 6.00. The number of aliphatic carboxylic acids is 1. The van der Waals surface area contributed by atoms with Crippen LogP contribution in [0.2, 0.25) is 0 Å². The van der Waals surface area contributed by atoms with E-state index >= 15 is 0 Å². The zero-order chi connectivity index (χ0) is 23.8. The van der Waals surface area contributed by atoms with Crippen molar-refractivity contribution in [3.8, 4) is 11.4 Å². The lowest BCUT2D eigenvalue weighted by atomic mass is 10.0.